The minimum Gasteiger partial charge on any atom is -0.394 e. The van der Waals surface area contributed by atoms with Crippen LogP contribution in [0.3, 0.4) is 0 Å². The molecule has 4 N–H and O–H groups in total. The number of nitrogens with two attached hydrogens (primary N) is 1. The summed E-state index contributed by atoms with van der Waals surface area (Å²) in [7, 11) is 0. The van der Waals surface area contributed by atoms with Gasteiger partial charge in [-0.05, 0) is 11.6 Å². The molecule has 0 fully saturated rings. The number of benzene rings is 1. The van der Waals surface area contributed by atoms with Crippen molar-refractivity contribution in [2.45, 2.75) is 6.42 Å². The van der Waals surface area contributed by atoms with Crippen molar-refractivity contribution < 1.29 is 4.79 Å². The van der Waals surface area contributed by atoms with Crippen molar-refractivity contribution in [2.75, 3.05) is 11.1 Å². The van der Waals surface area contributed by atoms with E-state index in [2.05, 4.69) is 15.5 Å². The Labute approximate surface area is 103 Å². The standard InChI is InChI=1S/C11H11ClN4O/c12-8-4-2-1-3-7(8)5-10(17)15-11-9(13)6-14-16-11/h1-4,6H,5,13H2,(H2,14,15,16,17). The molecule has 1 aromatic heterocycles. The summed E-state index contributed by atoms with van der Waals surface area (Å²) in [6, 6.07) is 7.20. The van der Waals surface area contributed by atoms with Gasteiger partial charge in [0, 0.05) is 5.02 Å². The number of aromatic amines is 1. The highest BCUT2D eigenvalue weighted by Crippen LogP contribution is 2.17. The van der Waals surface area contributed by atoms with Crippen LogP contribution < -0.4 is 11.1 Å². The summed E-state index contributed by atoms with van der Waals surface area (Å²) >= 11 is 5.96. The number of anilines is 2. The van der Waals surface area contributed by atoms with Gasteiger partial charge in [-0.1, -0.05) is 29.8 Å². The third-order valence-corrected chi connectivity index (χ3v) is 2.61. The molecular formula is C11H11ClN4O. The van der Waals surface area contributed by atoms with Gasteiger partial charge in [0.2, 0.25) is 5.91 Å². The topological polar surface area (TPSA) is 83.8 Å². The van der Waals surface area contributed by atoms with Crippen LogP contribution in [-0.4, -0.2) is 16.1 Å². The molecule has 17 heavy (non-hydrogen) atoms. The molecule has 0 unspecified atom stereocenters. The molecule has 6 heteroatoms. The summed E-state index contributed by atoms with van der Waals surface area (Å²) in [4.78, 5) is 11.7. The fourth-order valence-electron chi connectivity index (χ4n) is 1.39. The number of halogens is 1. The number of carbonyl (C=O) groups is 1. The monoisotopic (exact) mass is 250 g/mol. The number of nitrogen functional groups attached to an aromatic ring is 1. The van der Waals surface area contributed by atoms with E-state index in [0.717, 1.165) is 5.56 Å². The molecule has 0 atom stereocenters. The molecule has 88 valence electrons. The average molecular weight is 251 g/mol. The van der Waals surface area contributed by atoms with Gasteiger partial charge in [-0.2, -0.15) is 5.10 Å². The summed E-state index contributed by atoms with van der Waals surface area (Å²) in [5.41, 5.74) is 6.75. The first-order valence-corrected chi connectivity index (χ1v) is 5.36. The van der Waals surface area contributed by atoms with E-state index in [9.17, 15) is 4.79 Å². The molecule has 0 aliphatic heterocycles. The summed E-state index contributed by atoms with van der Waals surface area (Å²) < 4.78 is 0. The Morgan fingerprint density at radius 1 is 1.47 bits per heavy atom. The largest absolute Gasteiger partial charge is 0.394 e. The molecular weight excluding hydrogens is 240 g/mol. The van der Waals surface area contributed by atoms with Crippen molar-refractivity contribution in [3.05, 3.63) is 41.0 Å². The third kappa shape index (κ3) is 2.76. The number of rotatable bonds is 3. The maximum Gasteiger partial charge on any atom is 0.230 e. The van der Waals surface area contributed by atoms with Crippen molar-refractivity contribution in [3.63, 3.8) is 0 Å². The van der Waals surface area contributed by atoms with Gasteiger partial charge in [-0.25, -0.2) is 0 Å². The first-order chi connectivity index (χ1) is 8.16. The number of nitrogens with zero attached hydrogens (tertiary/aromatic N) is 1. The number of H-pyrrole nitrogens is 1. The number of hydrogen-bond acceptors (Lipinski definition) is 3. The lowest BCUT2D eigenvalue weighted by molar-refractivity contribution is -0.115. The van der Waals surface area contributed by atoms with Crippen LogP contribution in [0.2, 0.25) is 5.02 Å². The van der Waals surface area contributed by atoms with Crippen LogP contribution in [0.15, 0.2) is 30.5 Å². The lowest BCUT2D eigenvalue weighted by Gasteiger charge is -2.05. The van der Waals surface area contributed by atoms with Gasteiger partial charge in [0.1, 0.15) is 0 Å². The van der Waals surface area contributed by atoms with Crippen LogP contribution in [0.1, 0.15) is 5.56 Å². The highest BCUT2D eigenvalue weighted by Gasteiger charge is 2.09. The molecule has 2 aromatic rings. The van der Waals surface area contributed by atoms with E-state index in [1.54, 1.807) is 12.1 Å². The van der Waals surface area contributed by atoms with Crippen LogP contribution in [-0.2, 0) is 11.2 Å². The minimum absolute atomic E-state index is 0.193. The molecule has 1 heterocycles. The Balaban J connectivity index is 2.03. The molecule has 0 aliphatic rings. The lowest BCUT2D eigenvalue weighted by atomic mass is 10.1. The van der Waals surface area contributed by atoms with E-state index in [1.807, 2.05) is 12.1 Å². The highest BCUT2D eigenvalue weighted by atomic mass is 35.5. The fraction of sp³-hybridized carbons (Fsp3) is 0.0909. The third-order valence-electron chi connectivity index (χ3n) is 2.24. The summed E-state index contributed by atoms with van der Waals surface area (Å²) in [6.45, 7) is 0. The Kier molecular flexibility index (Phi) is 3.30. The van der Waals surface area contributed by atoms with Gasteiger partial charge >= 0.3 is 0 Å². The first-order valence-electron chi connectivity index (χ1n) is 4.99. The first kappa shape index (κ1) is 11.5. The molecule has 1 amide bonds. The number of hydrogen-bond donors (Lipinski definition) is 3. The van der Waals surface area contributed by atoms with Crippen molar-refractivity contribution in [1.82, 2.24) is 10.2 Å². The van der Waals surface area contributed by atoms with Gasteiger partial charge in [-0.15, -0.1) is 0 Å². The molecule has 0 radical (unpaired) electrons. The second kappa shape index (κ2) is 4.88. The normalized spacial score (nSPS) is 10.2. The van der Waals surface area contributed by atoms with Gasteiger partial charge in [0.05, 0.1) is 18.3 Å². The second-order valence-electron chi connectivity index (χ2n) is 3.52. The van der Waals surface area contributed by atoms with Crippen molar-refractivity contribution in [3.8, 4) is 0 Å². The maximum absolute atomic E-state index is 11.7. The molecule has 0 saturated carbocycles. The molecule has 5 nitrogen and oxygen atoms in total. The number of carbonyl (C=O) groups excluding carboxylic acids is 1. The highest BCUT2D eigenvalue weighted by molar-refractivity contribution is 6.31. The lowest BCUT2D eigenvalue weighted by Crippen LogP contribution is -2.15. The zero-order valence-corrected chi connectivity index (χ0v) is 9.66. The molecule has 0 spiro atoms. The van der Waals surface area contributed by atoms with Crippen LogP contribution >= 0.6 is 11.6 Å². The van der Waals surface area contributed by atoms with E-state index < -0.39 is 0 Å². The molecule has 1 aromatic carbocycles. The zero-order chi connectivity index (χ0) is 12.3. The summed E-state index contributed by atoms with van der Waals surface area (Å²) in [5.74, 6) is 0.205. The number of aromatic nitrogens is 2. The van der Waals surface area contributed by atoms with Crippen molar-refractivity contribution in [2.24, 2.45) is 0 Å². The predicted molar refractivity (Wildman–Crippen MR) is 66.8 cm³/mol. The van der Waals surface area contributed by atoms with E-state index in [0.29, 0.717) is 16.5 Å². The van der Waals surface area contributed by atoms with E-state index in [1.165, 1.54) is 6.20 Å². The van der Waals surface area contributed by atoms with Crippen LogP contribution in [0.25, 0.3) is 0 Å². The quantitative estimate of drug-likeness (QED) is 0.777. The number of nitrogens with one attached hydrogen (secondary N) is 2. The van der Waals surface area contributed by atoms with Crippen LogP contribution in [0.4, 0.5) is 11.5 Å². The smallest absolute Gasteiger partial charge is 0.230 e. The molecule has 0 bridgehead atoms. The Hall–Kier alpha value is -2.01. The molecule has 2 rings (SSSR count). The van der Waals surface area contributed by atoms with Gasteiger partial charge in [0.15, 0.2) is 5.82 Å². The van der Waals surface area contributed by atoms with E-state index in [-0.39, 0.29) is 12.3 Å². The van der Waals surface area contributed by atoms with Gasteiger partial charge < -0.3 is 11.1 Å². The SMILES string of the molecule is Nc1cn[nH]c1NC(=O)Cc1ccccc1Cl. The second-order valence-corrected chi connectivity index (χ2v) is 3.92. The Bertz CT molecular complexity index is 538. The predicted octanol–water partition coefficient (Wildman–Crippen LogP) is 1.83. The van der Waals surface area contributed by atoms with Gasteiger partial charge in [-0.3, -0.25) is 9.89 Å². The number of amides is 1. The van der Waals surface area contributed by atoms with E-state index in [4.69, 9.17) is 17.3 Å². The molecule has 0 aliphatic carbocycles. The summed E-state index contributed by atoms with van der Waals surface area (Å²) in [6.07, 6.45) is 1.63. The maximum atomic E-state index is 11.7. The summed E-state index contributed by atoms with van der Waals surface area (Å²) in [5, 5.41) is 9.50. The van der Waals surface area contributed by atoms with Gasteiger partial charge in [0.25, 0.3) is 0 Å². The molecule has 0 saturated heterocycles. The minimum atomic E-state index is -0.200. The Morgan fingerprint density at radius 2 is 2.24 bits per heavy atom. The van der Waals surface area contributed by atoms with Crippen molar-refractivity contribution in [1.29, 1.82) is 0 Å². The van der Waals surface area contributed by atoms with Crippen LogP contribution in [0, 0.1) is 0 Å². The average Bonchev–Trinajstić information content (AvgIpc) is 2.68. The van der Waals surface area contributed by atoms with E-state index >= 15 is 0 Å². The Morgan fingerprint density at radius 3 is 2.88 bits per heavy atom. The van der Waals surface area contributed by atoms with Crippen molar-refractivity contribution >= 4 is 29.0 Å². The fourth-order valence-corrected chi connectivity index (χ4v) is 1.60. The van der Waals surface area contributed by atoms with Crippen LogP contribution in [0.5, 0.6) is 0 Å². The zero-order valence-electron chi connectivity index (χ0n) is 8.90.